The molecule has 0 aromatic rings. The van der Waals surface area contributed by atoms with Gasteiger partial charge in [-0.15, -0.1) is 0 Å². The van der Waals surface area contributed by atoms with Gasteiger partial charge in [-0.1, -0.05) is 57.6 Å². The summed E-state index contributed by atoms with van der Waals surface area (Å²) in [6.45, 7) is 3.94. The highest BCUT2D eigenvalue weighted by Gasteiger charge is 2.21. The van der Waals surface area contributed by atoms with Crippen LogP contribution in [-0.4, -0.2) is 42.0 Å². The summed E-state index contributed by atoms with van der Waals surface area (Å²) in [4.78, 5) is 23.4. The van der Waals surface area contributed by atoms with E-state index in [0.29, 0.717) is 12.8 Å². The van der Waals surface area contributed by atoms with Crippen molar-refractivity contribution >= 4 is 11.9 Å². The van der Waals surface area contributed by atoms with E-state index in [1.54, 1.807) is 6.92 Å². The van der Waals surface area contributed by atoms with E-state index in [-0.39, 0.29) is 24.7 Å². The molecule has 0 radical (unpaired) electrons. The molecule has 0 aliphatic heterocycles. The molecule has 168 valence electrons. The van der Waals surface area contributed by atoms with E-state index in [9.17, 15) is 19.8 Å². The molecule has 0 saturated carbocycles. The predicted octanol–water partition coefficient (Wildman–Crippen LogP) is 5.15. The maximum absolute atomic E-state index is 11.8. The van der Waals surface area contributed by atoms with Gasteiger partial charge in [0.15, 0.2) is 0 Å². The van der Waals surface area contributed by atoms with Crippen LogP contribution < -0.4 is 0 Å². The van der Waals surface area contributed by atoms with Crippen LogP contribution in [0.5, 0.6) is 0 Å². The average molecular weight is 413 g/mol. The van der Waals surface area contributed by atoms with Gasteiger partial charge in [0, 0.05) is 0 Å². The van der Waals surface area contributed by atoms with Gasteiger partial charge in [-0.3, -0.25) is 0 Å². The van der Waals surface area contributed by atoms with Gasteiger partial charge in [-0.2, -0.15) is 0 Å². The van der Waals surface area contributed by atoms with E-state index in [1.165, 1.54) is 26.4 Å². The molecule has 6 nitrogen and oxygen atoms in total. The number of aliphatic hydroxyl groups is 2. The van der Waals surface area contributed by atoms with E-state index in [0.717, 1.165) is 38.5 Å². The smallest absolute Gasteiger partial charge is 0.373 e. The number of carbonyl (C=O) groups is 2. The molecular formula is C23H40O6. The van der Waals surface area contributed by atoms with Crippen LogP contribution in [0.3, 0.4) is 0 Å². The van der Waals surface area contributed by atoms with Crippen LogP contribution in [0.25, 0.3) is 0 Å². The van der Waals surface area contributed by atoms with Gasteiger partial charge in [0.05, 0.1) is 25.4 Å². The van der Waals surface area contributed by atoms with Crippen molar-refractivity contribution in [3.05, 3.63) is 23.5 Å². The molecular weight excluding hydrogens is 372 g/mol. The summed E-state index contributed by atoms with van der Waals surface area (Å²) in [5.41, 5.74) is -0.0289. The van der Waals surface area contributed by atoms with Gasteiger partial charge in [-0.05, 0) is 45.4 Å². The predicted molar refractivity (Wildman–Crippen MR) is 115 cm³/mol. The highest BCUT2D eigenvalue weighted by molar-refractivity contribution is 5.98. The van der Waals surface area contributed by atoms with E-state index in [2.05, 4.69) is 23.8 Å². The van der Waals surface area contributed by atoms with Crippen LogP contribution in [-0.2, 0) is 19.1 Å². The molecule has 0 fully saturated rings. The molecule has 0 bridgehead atoms. The van der Waals surface area contributed by atoms with Gasteiger partial charge in [0.2, 0.25) is 5.76 Å². The second kappa shape index (κ2) is 18.2. The molecule has 29 heavy (non-hydrogen) atoms. The first-order chi connectivity index (χ1) is 14.0. The third-order valence-electron chi connectivity index (χ3n) is 4.70. The second-order valence-electron chi connectivity index (χ2n) is 7.20. The molecule has 1 atom stereocenters. The number of ether oxygens (including phenoxy) is 2. The quantitative estimate of drug-likeness (QED) is 0.113. The van der Waals surface area contributed by atoms with Crippen LogP contribution in [0.4, 0.5) is 0 Å². The molecule has 0 saturated heterocycles. The third-order valence-corrected chi connectivity index (χ3v) is 4.70. The summed E-state index contributed by atoms with van der Waals surface area (Å²) in [5, 5.41) is 19.8. The minimum Gasteiger partial charge on any atom is -0.501 e. The Balaban J connectivity index is 4.02. The molecule has 0 rings (SSSR count). The number of methoxy groups -OCH3 is 1. The number of carbonyl (C=O) groups excluding carboxylic acids is 2. The zero-order chi connectivity index (χ0) is 21.9. The fraction of sp³-hybridized carbons (Fsp3) is 0.739. The molecule has 0 aliphatic rings. The Morgan fingerprint density at radius 3 is 2.28 bits per heavy atom. The van der Waals surface area contributed by atoms with Crippen LogP contribution in [0.1, 0.15) is 90.9 Å². The Labute approximate surface area is 176 Å². The molecule has 0 aromatic heterocycles. The lowest BCUT2D eigenvalue weighted by atomic mass is 10.0. The second-order valence-corrected chi connectivity index (χ2v) is 7.20. The van der Waals surface area contributed by atoms with E-state index in [4.69, 9.17) is 4.74 Å². The van der Waals surface area contributed by atoms with E-state index < -0.39 is 17.7 Å². The topological polar surface area (TPSA) is 93.1 Å². The van der Waals surface area contributed by atoms with Crippen molar-refractivity contribution in [2.75, 3.05) is 13.7 Å². The zero-order valence-electron chi connectivity index (χ0n) is 18.5. The lowest BCUT2D eigenvalue weighted by molar-refractivity contribution is -0.143. The van der Waals surface area contributed by atoms with Crippen molar-refractivity contribution < 1.29 is 29.3 Å². The van der Waals surface area contributed by atoms with Crippen LogP contribution in [0, 0.1) is 0 Å². The summed E-state index contributed by atoms with van der Waals surface area (Å²) in [5.74, 6) is -2.26. The molecule has 0 spiro atoms. The summed E-state index contributed by atoms with van der Waals surface area (Å²) < 4.78 is 9.38. The largest absolute Gasteiger partial charge is 0.501 e. The normalized spacial score (nSPS) is 13.2. The van der Waals surface area contributed by atoms with Crippen molar-refractivity contribution in [2.45, 2.75) is 97.0 Å². The van der Waals surface area contributed by atoms with E-state index in [1.807, 2.05) is 0 Å². The summed E-state index contributed by atoms with van der Waals surface area (Å²) >= 11 is 0. The lowest BCUT2D eigenvalue weighted by Gasteiger charge is -2.08. The number of allylic oxidation sites excluding steroid dienone is 1. The Kier molecular flexibility index (Phi) is 17.1. The number of rotatable bonds is 17. The Morgan fingerprint density at radius 2 is 1.62 bits per heavy atom. The van der Waals surface area contributed by atoms with Crippen LogP contribution in [0.15, 0.2) is 23.5 Å². The first kappa shape index (κ1) is 27.2. The highest BCUT2D eigenvalue weighted by atomic mass is 16.5. The highest BCUT2D eigenvalue weighted by Crippen LogP contribution is 2.16. The maximum Gasteiger partial charge on any atom is 0.373 e. The molecule has 6 heteroatoms. The first-order valence-electron chi connectivity index (χ1n) is 11.0. The zero-order valence-corrected chi connectivity index (χ0v) is 18.5. The van der Waals surface area contributed by atoms with Crippen molar-refractivity contribution in [3.8, 4) is 0 Å². The van der Waals surface area contributed by atoms with Gasteiger partial charge in [0.25, 0.3) is 0 Å². The number of hydrogen-bond acceptors (Lipinski definition) is 6. The molecule has 0 unspecified atom stereocenters. The summed E-state index contributed by atoms with van der Waals surface area (Å²) in [6, 6.07) is 0. The van der Waals surface area contributed by atoms with Crippen molar-refractivity contribution in [1.82, 2.24) is 0 Å². The molecule has 0 amide bonds. The molecule has 0 aliphatic carbocycles. The lowest BCUT2D eigenvalue weighted by Crippen LogP contribution is -2.15. The number of unbranched alkanes of at least 4 members (excludes halogenated alkanes) is 7. The monoisotopic (exact) mass is 412 g/mol. The van der Waals surface area contributed by atoms with E-state index >= 15 is 0 Å². The Bertz CT molecular complexity index is 509. The maximum atomic E-state index is 11.8. The van der Waals surface area contributed by atoms with Crippen molar-refractivity contribution in [2.24, 2.45) is 0 Å². The number of hydrogen-bond donors (Lipinski definition) is 2. The minimum absolute atomic E-state index is 0.0289. The molecule has 0 aromatic carbocycles. The fourth-order valence-electron chi connectivity index (χ4n) is 2.98. The van der Waals surface area contributed by atoms with Gasteiger partial charge >= 0.3 is 11.9 Å². The van der Waals surface area contributed by atoms with Crippen molar-refractivity contribution in [3.63, 3.8) is 0 Å². The third kappa shape index (κ3) is 13.9. The Morgan fingerprint density at radius 1 is 0.931 bits per heavy atom. The fourth-order valence-corrected chi connectivity index (χ4v) is 2.98. The average Bonchev–Trinajstić information content (AvgIpc) is 2.71. The number of esters is 2. The molecule has 2 N–H and O–H groups in total. The Hall–Kier alpha value is -1.82. The number of aliphatic hydroxyl groups excluding tert-OH is 2. The molecule has 0 heterocycles. The summed E-state index contributed by atoms with van der Waals surface area (Å²) in [6.07, 6.45) is 15.0. The standard InChI is InChI=1S/C23H40O6/c1-4-6-7-13-16-19(24)17-14-11-9-8-10-12-15-18-20(22(26)28-3)21(25)23(27)29-5-2/h11,14,19,24-25H,4-10,12-13,15-18H2,1-3H3/b14-11+,21-20+/t19-/m0/s1. The van der Waals surface area contributed by atoms with Crippen molar-refractivity contribution in [1.29, 1.82) is 0 Å². The van der Waals surface area contributed by atoms with Gasteiger partial charge in [-0.25, -0.2) is 9.59 Å². The SMILES string of the molecule is CCCCCC[C@H](O)C/C=C/CCCCCC/C(C(=O)OC)=C(\O)C(=O)OCC. The van der Waals surface area contributed by atoms with Gasteiger partial charge < -0.3 is 19.7 Å². The minimum atomic E-state index is -0.898. The summed E-state index contributed by atoms with van der Waals surface area (Å²) in [7, 11) is 1.22. The van der Waals surface area contributed by atoms with Gasteiger partial charge in [0.1, 0.15) is 0 Å². The van der Waals surface area contributed by atoms with Crippen LogP contribution in [0.2, 0.25) is 0 Å². The van der Waals surface area contributed by atoms with Crippen LogP contribution >= 0.6 is 0 Å². The first-order valence-corrected chi connectivity index (χ1v) is 11.0.